The summed E-state index contributed by atoms with van der Waals surface area (Å²) in [5.74, 6) is 2.09. The summed E-state index contributed by atoms with van der Waals surface area (Å²) in [6.07, 6.45) is 23.3. The minimum atomic E-state index is -0.935. The lowest BCUT2D eigenvalue weighted by molar-refractivity contribution is -0.168. The van der Waals surface area contributed by atoms with Crippen molar-refractivity contribution in [1.82, 2.24) is 63.5 Å². The number of aliphatic hydroxyl groups excluding tert-OH is 2. The van der Waals surface area contributed by atoms with Crippen LogP contribution >= 0.6 is 31.9 Å². The van der Waals surface area contributed by atoms with Crippen LogP contribution in [0.5, 0.6) is 0 Å². The third-order valence-electron chi connectivity index (χ3n) is 26.4. The first-order chi connectivity index (χ1) is 65.2. The fourth-order valence-electron chi connectivity index (χ4n) is 19.0. The van der Waals surface area contributed by atoms with Crippen LogP contribution in [0.2, 0.25) is 0 Å². The van der Waals surface area contributed by atoms with E-state index in [1.165, 1.54) is 24.5 Å². The third kappa shape index (κ3) is 24.8. The number of halogens is 2. The Morgan fingerprint density at radius 2 is 0.799 bits per heavy atom. The Bertz CT molecular complexity index is 6580. The van der Waals surface area contributed by atoms with Crippen molar-refractivity contribution in [2.24, 2.45) is 16.2 Å². The summed E-state index contributed by atoms with van der Waals surface area (Å²) in [6, 6.07) is 44.7. The van der Waals surface area contributed by atoms with Crippen LogP contribution in [0.1, 0.15) is 211 Å². The Hall–Kier alpha value is -12.2. The van der Waals surface area contributed by atoms with E-state index in [-0.39, 0.29) is 75.7 Å². The van der Waals surface area contributed by atoms with Crippen molar-refractivity contribution < 1.29 is 57.8 Å². The number of aliphatic hydroxyl groups is 2. The molecule has 4 aromatic carbocycles. The zero-order valence-electron chi connectivity index (χ0n) is 78.5. The molecule has 3 saturated carbocycles. The molecule has 13 N–H and O–H groups in total. The molecule has 0 bridgehead atoms. The molecule has 14 aromatic rings. The van der Waals surface area contributed by atoms with E-state index in [1.807, 2.05) is 155 Å². The predicted octanol–water partition coefficient (Wildman–Crippen LogP) is 22.9. The van der Waals surface area contributed by atoms with E-state index < -0.39 is 47.5 Å². The molecule has 740 valence electrons. The highest BCUT2D eigenvalue weighted by atomic mass is 79.9. The molecule has 5 aliphatic rings. The minimum Gasteiger partial charge on any atom is -0.449 e. The lowest BCUT2D eigenvalue weighted by Gasteiger charge is -2.32. The summed E-state index contributed by atoms with van der Waals surface area (Å²) in [4.78, 5) is 79.3. The largest absolute Gasteiger partial charge is 0.449 e. The Morgan fingerprint density at radius 1 is 0.446 bits per heavy atom. The van der Waals surface area contributed by atoms with Crippen molar-refractivity contribution in [3.63, 3.8) is 0 Å². The van der Waals surface area contributed by atoms with Gasteiger partial charge in [-0.15, -0.1) is 6.58 Å². The highest BCUT2D eigenvalue weighted by Gasteiger charge is 2.61. The summed E-state index contributed by atoms with van der Waals surface area (Å²) in [6.45, 7) is 26.0. The van der Waals surface area contributed by atoms with Gasteiger partial charge in [0.15, 0.2) is 11.6 Å². The average molecular weight is 2030 g/mol. The number of aromatic nitrogens is 13. The Kier molecular flexibility index (Phi) is 34.9. The number of carbonyl (C=O) groups excluding carboxylic acids is 3. The van der Waals surface area contributed by atoms with Crippen LogP contribution in [0.15, 0.2) is 199 Å². The maximum absolute atomic E-state index is 12.2. The lowest BCUT2D eigenvalue weighted by atomic mass is 9.80. The Morgan fingerprint density at radius 3 is 1.22 bits per heavy atom. The second-order valence-electron chi connectivity index (χ2n) is 37.4. The molecule has 139 heavy (non-hydrogen) atoms. The number of nitrogens with two attached hydrogens (primary N) is 4. The molecule has 10 aromatic heterocycles. The van der Waals surface area contributed by atoms with Gasteiger partial charge >= 0.3 is 18.3 Å². The minimum absolute atomic E-state index is 0. The van der Waals surface area contributed by atoms with E-state index in [4.69, 9.17) is 56.1 Å². The number of unbranched alkanes of at least 4 members (excludes halogenated alkanes) is 6. The van der Waals surface area contributed by atoms with E-state index in [0.717, 1.165) is 169 Å². The summed E-state index contributed by atoms with van der Waals surface area (Å²) in [5, 5.41) is 36.8. The van der Waals surface area contributed by atoms with E-state index in [2.05, 4.69) is 172 Å². The third-order valence-corrected chi connectivity index (χ3v) is 27.4. The van der Waals surface area contributed by atoms with Crippen LogP contribution in [-0.2, 0) is 46.0 Å². The molecule has 0 spiro atoms. The van der Waals surface area contributed by atoms with Gasteiger partial charge in [0.25, 0.3) is 0 Å². The van der Waals surface area contributed by atoms with Gasteiger partial charge in [-0.3, -0.25) is 16.0 Å². The molecule has 0 unspecified atom stereocenters. The molecule has 3 amide bonds. The summed E-state index contributed by atoms with van der Waals surface area (Å²) < 4.78 is 49.2. The number of fused-ring (bicyclic) bond motifs is 9. The first-order valence-electron chi connectivity index (χ1n) is 46.6. The maximum Gasteiger partial charge on any atom is 0.412 e. The molecule has 12 atom stereocenters. The van der Waals surface area contributed by atoms with Crippen molar-refractivity contribution in [1.29, 1.82) is 0 Å². The zero-order valence-corrected chi connectivity index (χ0v) is 81.7. The van der Waals surface area contributed by atoms with Gasteiger partial charge in [-0.25, -0.2) is 64.2 Å². The molecule has 19 rings (SSSR count). The van der Waals surface area contributed by atoms with Gasteiger partial charge in [0.1, 0.15) is 95.0 Å². The van der Waals surface area contributed by atoms with Crippen molar-refractivity contribution in [2.45, 2.75) is 261 Å². The Balaban J connectivity index is 0.000000164. The highest BCUT2D eigenvalue weighted by molar-refractivity contribution is 9.10. The van der Waals surface area contributed by atoms with Gasteiger partial charge in [-0.2, -0.15) is 0 Å². The summed E-state index contributed by atoms with van der Waals surface area (Å²) >= 11 is 6.78. The van der Waals surface area contributed by atoms with E-state index in [1.54, 1.807) is 24.3 Å². The van der Waals surface area contributed by atoms with Crippen LogP contribution in [0, 0.1) is 16.2 Å². The molecule has 2 aliphatic heterocycles. The number of carbonyl (C=O) groups is 3. The molecule has 12 heterocycles. The number of ether oxygens (including phenoxy) is 7. The van der Waals surface area contributed by atoms with Crippen LogP contribution in [0.4, 0.5) is 55.1 Å². The molecule has 3 aliphatic carbocycles. The number of anilines is 7. The van der Waals surface area contributed by atoms with Crippen LogP contribution < -0.4 is 38.9 Å². The normalized spacial score (nSPS) is 22.2. The van der Waals surface area contributed by atoms with Crippen molar-refractivity contribution >= 4 is 168 Å². The fourth-order valence-corrected chi connectivity index (χ4v) is 19.7. The van der Waals surface area contributed by atoms with Crippen LogP contribution in [0.25, 0.3) is 76.7 Å². The first kappa shape index (κ1) is 106. The molecule has 5 fully saturated rings. The van der Waals surface area contributed by atoms with Crippen LogP contribution in [-0.4, -0.2) is 160 Å². The number of nitrogen functional groups attached to an aromatic ring is 4. The van der Waals surface area contributed by atoms with E-state index in [0.29, 0.717) is 85.5 Å². The smallest absolute Gasteiger partial charge is 0.412 e. The first-order valence-corrected chi connectivity index (χ1v) is 48.2. The number of nitrogens with zero attached hydrogens (tertiary/aromatic N) is 13. The van der Waals surface area contributed by atoms with Gasteiger partial charge in [0, 0.05) is 54.5 Å². The quantitative estimate of drug-likeness (QED) is 0.0146. The molecule has 34 heteroatoms. The molecule has 0 radical (unpaired) electrons. The summed E-state index contributed by atoms with van der Waals surface area (Å²) in [7, 11) is 0. The van der Waals surface area contributed by atoms with Gasteiger partial charge in [0.2, 0.25) is 0 Å². The number of amides is 3. The number of aryl methyl sites for hydroxylation is 2. The monoisotopic (exact) mass is 2020 g/mol. The zero-order chi connectivity index (χ0) is 96.4. The van der Waals surface area contributed by atoms with Crippen molar-refractivity contribution in [2.75, 3.05) is 58.7 Å². The van der Waals surface area contributed by atoms with Crippen molar-refractivity contribution in [3.8, 4) is 0 Å². The summed E-state index contributed by atoms with van der Waals surface area (Å²) in [5.41, 5.74) is 30.7. The number of pyridine rings is 4. The SMILES string of the molecule is C.C.C.C=C[C@@]1(C)C[C@@H](n2ccc3c(N)ncnc32)[C@@H]2OC(C)(C)O[C@@H]21.CCCCCOC(=O)Nc1ccc2ccc(Br)cc2n1.CCCCCOC(=O)Nc1ccc2ccc(CC[C@@]3(C)C[C@@H](n4ccc5c(N)ncnc54)[C@@H]4OC(C)(C)O[C@@H]43)cc2n1.CCCCCOC(=O)Nc1ccc2ccc(CC[C@@]3(C)C[C@@H](n4ccc5c(N)ncnc54)[C@H](O)[C@@H]3O)cc2n1.Nc1ccc2ccc(Br)cc2n1. The van der Waals surface area contributed by atoms with Crippen LogP contribution in [0.3, 0.4) is 0 Å². The molecular formula is C105H134Br2N20O12. The van der Waals surface area contributed by atoms with E-state index in [9.17, 15) is 24.6 Å². The number of nitrogens with one attached hydrogen (secondary N) is 3. The topological polar surface area (TPSA) is 440 Å². The highest BCUT2D eigenvalue weighted by Crippen LogP contribution is 2.57. The number of rotatable bonds is 25. The number of hydrogen-bond acceptors (Lipinski definition) is 26. The molecule has 32 nitrogen and oxygen atoms in total. The maximum atomic E-state index is 12.2. The lowest BCUT2D eigenvalue weighted by Crippen LogP contribution is -2.35. The standard InChI is InChI=1S/C32H40N6O4.C29H36N6O4.C17H22N4O2.C15H17BrN2O2.C9H7BrN2.3CH4/c1-5-6-7-16-40-30(39)37-25-11-10-21-9-8-20(17-23(21)36-25)12-14-32(4)18-24(26-27(32)42-31(2,3)41-26)38-15-13-22-28(33)34-19-35-29(22)38;1-3-4-5-14-39-28(38)34-23-9-8-19-7-6-18(15-21(19)33-23)10-12-29(2)16-22(24(36)25(29)37)35-13-11-20-26(30)31-17-32-27(20)35;1-5-17(4)8-11(12-13(17)23-16(2,3)22-12)21-7-6-10-14(18)19-9-20-15(10)21;1-2-3-4-9-20-15(19)18-14-8-6-11-5-7-12(16)10-13(11)17-14;10-7-3-1-6-2-4-9(11)12-8(6)5-7;;;/h8-11,13,15,17,19,24,26-27H,5-7,12,14,16,18H2,1-4H3,(H2,33,34,35)(H,36,37,39);6-9,11,13,15,17,22,24-25,36-37H,3-5,10,12,14,16H2,1-2H3,(H2,30,31,32)(H,33,34,38);5-7,9,11-13H,1,8H2,2-4H3,(H2,18,19,20);5-8,10H,2-4,9H2,1H3,(H,17,18,19);1-5H,(H2,11,12);3*1H4/t24-,26+,27+,32+;22-,24+,25+,29+;11-,12+,13+,17+;;;;;/m111...../s1. The average Bonchev–Trinajstić information content (AvgIpc) is 1.57. The number of hydrogen-bond donors (Lipinski definition) is 9. The number of benzene rings is 4. The molecule has 2 saturated heterocycles. The Labute approximate surface area is 829 Å². The second-order valence-corrected chi connectivity index (χ2v) is 39.3. The van der Waals surface area contributed by atoms with Gasteiger partial charge in [-0.1, -0.05) is 177 Å². The molecular weight excluding hydrogens is 1890 g/mol. The van der Waals surface area contributed by atoms with Gasteiger partial charge in [-0.05, 0) is 217 Å². The van der Waals surface area contributed by atoms with Gasteiger partial charge < -0.3 is 80.0 Å². The van der Waals surface area contributed by atoms with E-state index >= 15 is 0 Å². The van der Waals surface area contributed by atoms with Crippen molar-refractivity contribution in [3.05, 3.63) is 210 Å². The van der Waals surface area contributed by atoms with Gasteiger partial charge in [0.05, 0.1) is 94.5 Å². The second kappa shape index (κ2) is 45.8. The predicted molar refractivity (Wildman–Crippen MR) is 558 cm³/mol. The fraction of sp³-hybridized carbons (Fsp3) is 0.438.